The maximum absolute atomic E-state index is 12.4. The van der Waals surface area contributed by atoms with Crippen LogP contribution in [-0.4, -0.2) is 18.3 Å². The van der Waals surface area contributed by atoms with Gasteiger partial charge in [0, 0.05) is 0 Å². The fourth-order valence-electron chi connectivity index (χ4n) is 1.05. The molecule has 0 aliphatic rings. The van der Waals surface area contributed by atoms with E-state index in [4.69, 9.17) is 5.26 Å². The van der Waals surface area contributed by atoms with Crippen molar-refractivity contribution in [1.29, 1.82) is 0 Å². The average molecular weight is 236 g/mol. The molecular formula is C9H7F3O4. The number of benzene rings is 1. The van der Waals surface area contributed by atoms with Crippen LogP contribution >= 0.6 is 0 Å². The van der Waals surface area contributed by atoms with Gasteiger partial charge in [0.15, 0.2) is 5.75 Å². The lowest BCUT2D eigenvalue weighted by Crippen LogP contribution is -2.09. The third-order valence-electron chi connectivity index (χ3n) is 1.76. The molecule has 1 aromatic carbocycles. The number of carbonyl (C=O) groups is 1. The summed E-state index contributed by atoms with van der Waals surface area (Å²) >= 11 is 0. The summed E-state index contributed by atoms with van der Waals surface area (Å²) in [5, 5.41) is 8.29. The molecule has 1 aromatic rings. The number of carbonyl (C=O) groups excluding carboxylic acids is 1. The maximum Gasteiger partial charge on any atom is 0.416 e. The zero-order valence-corrected chi connectivity index (χ0v) is 8.04. The van der Waals surface area contributed by atoms with E-state index in [2.05, 4.69) is 9.62 Å². The molecule has 1 N–H and O–H groups in total. The lowest BCUT2D eigenvalue weighted by molar-refractivity contribution is -0.144. The lowest BCUT2D eigenvalue weighted by atomic mass is 10.1. The van der Waals surface area contributed by atoms with Crippen molar-refractivity contribution in [3.63, 3.8) is 0 Å². The second kappa shape index (κ2) is 4.40. The standard InChI is InChI=1S/C9H7F3O4/c1-15-8(13)5-2-6(9(10,11)12)4-7(3-5)16-14/h2-4,14H,1H3. The predicted octanol–water partition coefficient (Wildman–Crippen LogP) is 2.34. The van der Waals surface area contributed by atoms with Crippen molar-refractivity contribution < 1.29 is 32.8 Å². The Labute approximate surface area is 88.1 Å². The molecule has 0 aliphatic carbocycles. The molecule has 0 saturated carbocycles. The van der Waals surface area contributed by atoms with E-state index in [0.29, 0.717) is 12.1 Å². The van der Waals surface area contributed by atoms with E-state index in [1.54, 1.807) is 0 Å². The van der Waals surface area contributed by atoms with E-state index in [9.17, 15) is 18.0 Å². The van der Waals surface area contributed by atoms with Gasteiger partial charge >= 0.3 is 12.1 Å². The largest absolute Gasteiger partial charge is 0.465 e. The number of methoxy groups -OCH3 is 1. The Morgan fingerprint density at radius 3 is 2.38 bits per heavy atom. The first kappa shape index (κ1) is 12.3. The summed E-state index contributed by atoms with van der Waals surface area (Å²) in [7, 11) is 1.03. The summed E-state index contributed by atoms with van der Waals surface area (Å²) in [6, 6.07) is 2.10. The summed E-state index contributed by atoms with van der Waals surface area (Å²) in [6.07, 6.45) is -4.64. The number of ether oxygens (including phenoxy) is 1. The molecular weight excluding hydrogens is 229 g/mol. The highest BCUT2D eigenvalue weighted by atomic mass is 19.4. The third kappa shape index (κ3) is 2.63. The normalized spacial score (nSPS) is 11.1. The Kier molecular flexibility index (Phi) is 3.38. The van der Waals surface area contributed by atoms with Gasteiger partial charge < -0.3 is 9.62 Å². The molecule has 0 spiro atoms. The molecule has 0 aliphatic heterocycles. The van der Waals surface area contributed by atoms with Crippen LogP contribution in [-0.2, 0) is 10.9 Å². The summed E-state index contributed by atoms with van der Waals surface area (Å²) in [5.74, 6) is -1.44. The van der Waals surface area contributed by atoms with E-state index >= 15 is 0 Å². The van der Waals surface area contributed by atoms with Crippen LogP contribution in [0.3, 0.4) is 0 Å². The van der Waals surface area contributed by atoms with E-state index in [-0.39, 0.29) is 5.56 Å². The van der Waals surface area contributed by atoms with Gasteiger partial charge in [-0.2, -0.15) is 13.2 Å². The molecule has 0 amide bonds. The Bertz CT molecular complexity index is 400. The molecule has 16 heavy (non-hydrogen) atoms. The zero-order valence-electron chi connectivity index (χ0n) is 8.04. The van der Waals surface area contributed by atoms with Crippen molar-refractivity contribution >= 4 is 5.97 Å². The summed E-state index contributed by atoms with van der Waals surface area (Å²) in [5.41, 5.74) is -1.47. The lowest BCUT2D eigenvalue weighted by Gasteiger charge is -2.09. The first-order valence-electron chi connectivity index (χ1n) is 4.00. The molecule has 0 aromatic heterocycles. The summed E-state index contributed by atoms with van der Waals surface area (Å²) in [6.45, 7) is 0. The van der Waals surface area contributed by atoms with Crippen LogP contribution < -0.4 is 4.89 Å². The molecule has 0 atom stereocenters. The highest BCUT2D eigenvalue weighted by molar-refractivity contribution is 5.90. The third-order valence-corrected chi connectivity index (χ3v) is 1.76. The minimum atomic E-state index is -4.64. The van der Waals surface area contributed by atoms with Crippen molar-refractivity contribution in [2.24, 2.45) is 0 Å². The number of esters is 1. The Morgan fingerprint density at radius 1 is 1.31 bits per heavy atom. The number of rotatable bonds is 2. The van der Waals surface area contributed by atoms with Gasteiger partial charge in [0.2, 0.25) is 0 Å². The van der Waals surface area contributed by atoms with Gasteiger partial charge in [-0.15, -0.1) is 0 Å². The van der Waals surface area contributed by atoms with E-state index in [1.807, 2.05) is 0 Å². The van der Waals surface area contributed by atoms with Crippen molar-refractivity contribution in [3.8, 4) is 5.75 Å². The first-order valence-corrected chi connectivity index (χ1v) is 4.00. The minimum Gasteiger partial charge on any atom is -0.465 e. The highest BCUT2D eigenvalue weighted by Crippen LogP contribution is 2.32. The minimum absolute atomic E-state index is 0.360. The van der Waals surface area contributed by atoms with Gasteiger partial charge in [0.1, 0.15) is 0 Å². The topological polar surface area (TPSA) is 55.8 Å². The van der Waals surface area contributed by atoms with Gasteiger partial charge in [-0.3, -0.25) is 0 Å². The van der Waals surface area contributed by atoms with Crippen molar-refractivity contribution in [2.45, 2.75) is 6.18 Å². The second-order valence-electron chi connectivity index (χ2n) is 2.83. The molecule has 0 fully saturated rings. The smallest absolute Gasteiger partial charge is 0.416 e. The molecule has 0 heterocycles. The van der Waals surface area contributed by atoms with Crippen LogP contribution in [0.4, 0.5) is 13.2 Å². The zero-order chi connectivity index (χ0) is 12.3. The van der Waals surface area contributed by atoms with E-state index in [0.717, 1.165) is 13.2 Å². The van der Waals surface area contributed by atoms with Crippen molar-refractivity contribution in [1.82, 2.24) is 0 Å². The van der Waals surface area contributed by atoms with E-state index < -0.39 is 23.5 Å². The molecule has 88 valence electrons. The molecule has 0 radical (unpaired) electrons. The Balaban J connectivity index is 3.27. The van der Waals surface area contributed by atoms with Crippen LogP contribution in [0.1, 0.15) is 15.9 Å². The van der Waals surface area contributed by atoms with Crippen LogP contribution in [0, 0.1) is 0 Å². The number of hydrogen-bond acceptors (Lipinski definition) is 4. The predicted molar refractivity (Wildman–Crippen MR) is 46.0 cm³/mol. The number of halogens is 3. The van der Waals surface area contributed by atoms with Crippen LogP contribution in [0.5, 0.6) is 5.75 Å². The van der Waals surface area contributed by atoms with Gasteiger partial charge in [0.05, 0.1) is 18.2 Å². The fourth-order valence-corrected chi connectivity index (χ4v) is 1.05. The molecule has 1 rings (SSSR count). The van der Waals surface area contributed by atoms with Crippen molar-refractivity contribution in [3.05, 3.63) is 29.3 Å². The Morgan fingerprint density at radius 2 is 1.94 bits per heavy atom. The summed E-state index contributed by atoms with van der Waals surface area (Å²) < 4.78 is 41.3. The average Bonchev–Trinajstić information content (AvgIpc) is 2.26. The van der Waals surface area contributed by atoms with Gasteiger partial charge in [0.25, 0.3) is 0 Å². The Hall–Kier alpha value is -1.76. The van der Waals surface area contributed by atoms with Crippen molar-refractivity contribution in [2.75, 3.05) is 7.11 Å². The number of alkyl halides is 3. The molecule has 0 saturated heterocycles. The quantitative estimate of drug-likeness (QED) is 0.486. The van der Waals surface area contributed by atoms with E-state index in [1.165, 1.54) is 0 Å². The summed E-state index contributed by atoms with van der Waals surface area (Å²) in [4.78, 5) is 14.7. The van der Waals surface area contributed by atoms with Gasteiger partial charge in [-0.25, -0.2) is 10.1 Å². The first-order chi connectivity index (χ1) is 7.38. The fraction of sp³-hybridized carbons (Fsp3) is 0.222. The van der Waals surface area contributed by atoms with Crippen LogP contribution in [0.15, 0.2) is 18.2 Å². The van der Waals surface area contributed by atoms with Gasteiger partial charge in [-0.1, -0.05) is 0 Å². The molecule has 7 heteroatoms. The van der Waals surface area contributed by atoms with Crippen LogP contribution in [0.2, 0.25) is 0 Å². The SMILES string of the molecule is COC(=O)c1cc(OO)cc(C(F)(F)F)c1. The maximum atomic E-state index is 12.4. The van der Waals surface area contributed by atoms with Crippen LogP contribution in [0.25, 0.3) is 0 Å². The molecule has 0 bridgehead atoms. The number of hydrogen-bond donors (Lipinski definition) is 1. The monoisotopic (exact) mass is 236 g/mol. The molecule has 4 nitrogen and oxygen atoms in total. The highest BCUT2D eigenvalue weighted by Gasteiger charge is 2.32. The second-order valence-corrected chi connectivity index (χ2v) is 2.83. The molecule has 0 unspecified atom stereocenters. The van der Waals surface area contributed by atoms with Gasteiger partial charge in [-0.05, 0) is 18.2 Å².